The third-order valence-electron chi connectivity index (χ3n) is 5.65. The first-order valence-corrected chi connectivity index (χ1v) is 10.9. The monoisotopic (exact) mass is 410 g/mol. The summed E-state index contributed by atoms with van der Waals surface area (Å²) in [5.41, 5.74) is 2.09. The summed E-state index contributed by atoms with van der Waals surface area (Å²) in [5.74, 6) is 3.22. The molecule has 1 aromatic heterocycles. The van der Waals surface area contributed by atoms with E-state index in [9.17, 15) is 0 Å². The summed E-state index contributed by atoms with van der Waals surface area (Å²) in [5, 5.41) is 8.10. The Hall–Kier alpha value is -3.60. The van der Waals surface area contributed by atoms with Gasteiger partial charge in [0.2, 0.25) is 5.95 Å². The van der Waals surface area contributed by atoms with Gasteiger partial charge >= 0.3 is 0 Å². The Bertz CT molecular complexity index is 1140. The zero-order valence-electron chi connectivity index (χ0n) is 17.4. The lowest BCUT2D eigenvalue weighted by Crippen LogP contribution is -2.17. The fourth-order valence-electron chi connectivity index (χ4n) is 4.01. The number of fused-ring (bicyclic) bond motifs is 1. The first kappa shape index (κ1) is 19.4. The highest BCUT2D eigenvalue weighted by atomic mass is 16.5. The number of hydrogen-bond donors (Lipinski definition) is 2. The third-order valence-corrected chi connectivity index (χ3v) is 5.65. The number of benzene rings is 3. The van der Waals surface area contributed by atoms with Gasteiger partial charge in [0.15, 0.2) is 0 Å². The summed E-state index contributed by atoms with van der Waals surface area (Å²) < 4.78 is 5.87. The predicted molar refractivity (Wildman–Crippen MR) is 126 cm³/mol. The zero-order valence-corrected chi connectivity index (χ0v) is 17.4. The molecule has 3 aromatic carbocycles. The molecule has 0 saturated heterocycles. The summed E-state index contributed by atoms with van der Waals surface area (Å²) >= 11 is 0. The van der Waals surface area contributed by atoms with Gasteiger partial charge in [0.25, 0.3) is 0 Å². The van der Waals surface area contributed by atoms with Gasteiger partial charge in [0, 0.05) is 18.0 Å². The van der Waals surface area contributed by atoms with Crippen LogP contribution in [0.2, 0.25) is 0 Å². The lowest BCUT2D eigenvalue weighted by Gasteiger charge is -2.16. The number of para-hydroxylation sites is 2. The molecule has 0 bridgehead atoms. The first-order valence-electron chi connectivity index (χ1n) is 10.9. The maximum absolute atomic E-state index is 5.87. The van der Waals surface area contributed by atoms with Crippen molar-refractivity contribution >= 4 is 22.7 Å². The van der Waals surface area contributed by atoms with Crippen molar-refractivity contribution in [3.63, 3.8) is 0 Å². The average Bonchev–Trinajstić information content (AvgIpc) is 3.32. The summed E-state index contributed by atoms with van der Waals surface area (Å²) in [7, 11) is 0. The van der Waals surface area contributed by atoms with Crippen molar-refractivity contribution in [1.82, 2.24) is 9.97 Å². The SMILES string of the molecule is c1ccc(Oc2ccc(CNc3nc(NC4CCCC4)c4ccccc4n3)cc2)cc1. The molecule has 0 amide bonds. The van der Waals surface area contributed by atoms with Crippen molar-refractivity contribution in [2.24, 2.45) is 0 Å². The zero-order chi connectivity index (χ0) is 20.9. The average molecular weight is 411 g/mol. The van der Waals surface area contributed by atoms with Crippen LogP contribution in [0.3, 0.4) is 0 Å². The van der Waals surface area contributed by atoms with Crippen LogP contribution in [0.5, 0.6) is 11.5 Å². The van der Waals surface area contributed by atoms with Gasteiger partial charge in [-0.05, 0) is 54.8 Å². The van der Waals surface area contributed by atoms with Gasteiger partial charge in [-0.15, -0.1) is 0 Å². The minimum atomic E-state index is 0.503. The molecule has 5 nitrogen and oxygen atoms in total. The Morgan fingerprint density at radius 3 is 2.29 bits per heavy atom. The molecule has 0 radical (unpaired) electrons. The van der Waals surface area contributed by atoms with E-state index < -0.39 is 0 Å². The molecule has 1 saturated carbocycles. The number of anilines is 2. The predicted octanol–water partition coefficient (Wildman–Crippen LogP) is 6.39. The second-order valence-corrected chi connectivity index (χ2v) is 7.95. The standard InChI is InChI=1S/C26H26N4O/c1-2-10-21(11-3-1)31-22-16-14-19(15-17-22)18-27-26-29-24-13-7-6-12-23(24)25(30-26)28-20-8-4-5-9-20/h1-3,6-7,10-17,20H,4-5,8-9,18H2,(H2,27,28,29,30). The Balaban J connectivity index is 1.29. The van der Waals surface area contributed by atoms with E-state index in [0.717, 1.165) is 33.8 Å². The minimum Gasteiger partial charge on any atom is -0.457 e. The molecule has 1 heterocycles. The van der Waals surface area contributed by atoms with Crippen LogP contribution >= 0.6 is 0 Å². The van der Waals surface area contributed by atoms with Crippen LogP contribution in [0.4, 0.5) is 11.8 Å². The molecule has 0 atom stereocenters. The normalized spacial score (nSPS) is 13.9. The molecule has 5 rings (SSSR count). The van der Waals surface area contributed by atoms with Gasteiger partial charge in [0.05, 0.1) is 5.52 Å². The molecule has 0 aliphatic heterocycles. The number of rotatable bonds is 7. The highest BCUT2D eigenvalue weighted by molar-refractivity contribution is 5.90. The van der Waals surface area contributed by atoms with Gasteiger partial charge in [-0.1, -0.05) is 55.3 Å². The minimum absolute atomic E-state index is 0.503. The van der Waals surface area contributed by atoms with E-state index in [0.29, 0.717) is 18.5 Å². The molecule has 1 aliphatic carbocycles. The van der Waals surface area contributed by atoms with Crippen molar-refractivity contribution in [3.05, 3.63) is 84.4 Å². The van der Waals surface area contributed by atoms with E-state index in [1.165, 1.54) is 25.7 Å². The Kier molecular flexibility index (Phi) is 5.65. The molecule has 5 heteroatoms. The highest BCUT2D eigenvalue weighted by Gasteiger charge is 2.17. The second-order valence-electron chi connectivity index (χ2n) is 7.95. The summed E-state index contributed by atoms with van der Waals surface area (Å²) in [6, 6.07) is 26.6. The van der Waals surface area contributed by atoms with Crippen LogP contribution in [0, 0.1) is 0 Å². The first-order chi connectivity index (χ1) is 15.3. The maximum Gasteiger partial charge on any atom is 0.225 e. The molecule has 156 valence electrons. The summed E-state index contributed by atoms with van der Waals surface area (Å²) in [6.45, 7) is 0.646. The number of nitrogens with one attached hydrogen (secondary N) is 2. The quantitative estimate of drug-likeness (QED) is 0.370. The van der Waals surface area contributed by atoms with E-state index in [1.54, 1.807) is 0 Å². The number of ether oxygens (including phenoxy) is 1. The van der Waals surface area contributed by atoms with Crippen LogP contribution in [0.25, 0.3) is 10.9 Å². The third kappa shape index (κ3) is 4.77. The van der Waals surface area contributed by atoms with Crippen molar-refractivity contribution < 1.29 is 4.74 Å². The smallest absolute Gasteiger partial charge is 0.225 e. The van der Waals surface area contributed by atoms with E-state index in [1.807, 2.05) is 60.7 Å². The van der Waals surface area contributed by atoms with Crippen molar-refractivity contribution in [2.45, 2.75) is 38.3 Å². The molecule has 0 unspecified atom stereocenters. The number of nitrogens with zero attached hydrogens (tertiary/aromatic N) is 2. The molecule has 1 aliphatic rings. The molecule has 1 fully saturated rings. The number of aromatic nitrogens is 2. The molecule has 2 N–H and O–H groups in total. The number of hydrogen-bond acceptors (Lipinski definition) is 5. The molecule has 31 heavy (non-hydrogen) atoms. The van der Waals surface area contributed by atoms with Gasteiger partial charge in [-0.2, -0.15) is 4.98 Å². The van der Waals surface area contributed by atoms with E-state index in [4.69, 9.17) is 14.7 Å². The van der Waals surface area contributed by atoms with Gasteiger partial charge in [0.1, 0.15) is 17.3 Å². The lowest BCUT2D eigenvalue weighted by molar-refractivity contribution is 0.482. The van der Waals surface area contributed by atoms with Gasteiger partial charge in [-0.25, -0.2) is 4.98 Å². The van der Waals surface area contributed by atoms with E-state index >= 15 is 0 Å². The van der Waals surface area contributed by atoms with Crippen molar-refractivity contribution in [3.8, 4) is 11.5 Å². The Morgan fingerprint density at radius 2 is 1.48 bits per heavy atom. The van der Waals surface area contributed by atoms with Gasteiger partial charge < -0.3 is 15.4 Å². The molecular weight excluding hydrogens is 384 g/mol. The van der Waals surface area contributed by atoms with Gasteiger partial charge in [-0.3, -0.25) is 0 Å². The van der Waals surface area contributed by atoms with Crippen LogP contribution in [0.1, 0.15) is 31.2 Å². The van der Waals surface area contributed by atoms with E-state index in [-0.39, 0.29) is 0 Å². The second kappa shape index (κ2) is 9.04. The summed E-state index contributed by atoms with van der Waals surface area (Å²) in [4.78, 5) is 9.51. The van der Waals surface area contributed by atoms with Crippen LogP contribution < -0.4 is 15.4 Å². The summed E-state index contributed by atoms with van der Waals surface area (Å²) in [6.07, 6.45) is 4.99. The fourth-order valence-corrected chi connectivity index (χ4v) is 4.01. The van der Waals surface area contributed by atoms with Crippen LogP contribution in [0.15, 0.2) is 78.9 Å². The molecular formula is C26H26N4O. The molecule has 0 spiro atoms. The van der Waals surface area contributed by atoms with Crippen LogP contribution in [-0.2, 0) is 6.54 Å². The highest BCUT2D eigenvalue weighted by Crippen LogP contribution is 2.27. The van der Waals surface area contributed by atoms with Crippen molar-refractivity contribution in [1.29, 1.82) is 0 Å². The lowest BCUT2D eigenvalue weighted by atomic mass is 10.2. The maximum atomic E-state index is 5.87. The topological polar surface area (TPSA) is 59.1 Å². The Morgan fingerprint density at radius 1 is 0.774 bits per heavy atom. The van der Waals surface area contributed by atoms with Crippen molar-refractivity contribution in [2.75, 3.05) is 10.6 Å². The van der Waals surface area contributed by atoms with E-state index in [2.05, 4.69) is 28.8 Å². The van der Waals surface area contributed by atoms with Crippen LogP contribution in [-0.4, -0.2) is 16.0 Å². The molecule has 4 aromatic rings. The Labute approximate surface area is 182 Å². The largest absolute Gasteiger partial charge is 0.457 e. The fraction of sp³-hybridized carbons (Fsp3) is 0.231.